The van der Waals surface area contributed by atoms with Crippen LogP contribution in [0.25, 0.3) is 0 Å². The predicted octanol–water partition coefficient (Wildman–Crippen LogP) is 4.18. The number of nitrogens with one attached hydrogen (secondary N) is 2. The number of rotatable bonds is 2. The zero-order valence-corrected chi connectivity index (χ0v) is 14.6. The van der Waals surface area contributed by atoms with E-state index >= 15 is 0 Å². The van der Waals surface area contributed by atoms with Crippen LogP contribution in [0.5, 0.6) is 0 Å². The van der Waals surface area contributed by atoms with Crippen LogP contribution < -0.4 is 10.6 Å². The molecule has 126 valence electrons. The van der Waals surface area contributed by atoms with Gasteiger partial charge in [0.1, 0.15) is 5.82 Å². The summed E-state index contributed by atoms with van der Waals surface area (Å²) in [5.41, 5.74) is 3.85. The molecule has 0 bridgehead atoms. The van der Waals surface area contributed by atoms with Crippen molar-refractivity contribution in [3.63, 3.8) is 0 Å². The molecule has 1 atom stereocenters. The fraction of sp³-hybridized carbons (Fsp3) is 0.278. The average molecular weight is 365 g/mol. The Morgan fingerprint density at radius 1 is 1.25 bits per heavy atom. The van der Waals surface area contributed by atoms with E-state index in [1.54, 1.807) is 23.9 Å². The van der Waals surface area contributed by atoms with E-state index in [1.165, 1.54) is 11.6 Å². The normalized spacial score (nSPS) is 18.0. The number of fused-ring (bicyclic) bond motifs is 2. The van der Waals surface area contributed by atoms with Gasteiger partial charge in [0.2, 0.25) is 0 Å². The van der Waals surface area contributed by atoms with Crippen molar-refractivity contribution in [2.75, 3.05) is 17.6 Å². The quantitative estimate of drug-likeness (QED) is 0.839. The maximum Gasteiger partial charge on any atom is 0.251 e. The van der Waals surface area contributed by atoms with Crippen molar-refractivity contribution in [2.24, 2.45) is 0 Å². The lowest BCUT2D eigenvalue weighted by atomic mass is 10.0. The van der Waals surface area contributed by atoms with Gasteiger partial charge in [-0.25, -0.2) is 4.39 Å². The number of carbonyl (C=O) groups excluding carboxylic acids is 1. The van der Waals surface area contributed by atoms with Crippen LogP contribution in [0.1, 0.15) is 33.9 Å². The zero-order chi connectivity index (χ0) is 15.8. The molecule has 2 heterocycles. The van der Waals surface area contributed by atoms with Crippen LogP contribution in [0, 0.1) is 5.82 Å². The second kappa shape index (κ2) is 7.03. The highest BCUT2D eigenvalue weighted by Crippen LogP contribution is 2.36. The summed E-state index contributed by atoms with van der Waals surface area (Å²) in [5, 5.41) is 6.36. The van der Waals surface area contributed by atoms with Gasteiger partial charge < -0.3 is 10.6 Å². The second-order valence-electron chi connectivity index (χ2n) is 5.89. The Hall–Kier alpha value is -1.72. The third-order valence-electron chi connectivity index (χ3n) is 4.39. The first-order valence-electron chi connectivity index (χ1n) is 7.80. The summed E-state index contributed by atoms with van der Waals surface area (Å²) < 4.78 is 13.5. The summed E-state index contributed by atoms with van der Waals surface area (Å²) in [6.45, 7) is 0.924. The standard InChI is InChI=1S/C18H17FN2OS.ClH/c19-13-2-4-17-14(10-13)16(6-8-23-17)21-18(22)12-1-3-15-11(9-12)5-7-20-15;/h1-4,9-10,16,20H,5-8H2,(H,21,22);1H. The highest BCUT2D eigenvalue weighted by atomic mass is 35.5. The second-order valence-corrected chi connectivity index (χ2v) is 7.03. The van der Waals surface area contributed by atoms with Crippen LogP contribution in [-0.4, -0.2) is 18.2 Å². The van der Waals surface area contributed by atoms with Gasteiger partial charge in [0.05, 0.1) is 6.04 Å². The number of anilines is 1. The lowest BCUT2D eigenvalue weighted by molar-refractivity contribution is 0.0935. The smallest absolute Gasteiger partial charge is 0.251 e. The molecule has 0 saturated carbocycles. The zero-order valence-electron chi connectivity index (χ0n) is 13.0. The molecule has 3 nitrogen and oxygen atoms in total. The molecule has 0 spiro atoms. The molecule has 0 aromatic heterocycles. The van der Waals surface area contributed by atoms with Gasteiger partial charge in [-0.05, 0) is 60.4 Å². The monoisotopic (exact) mass is 364 g/mol. The number of amides is 1. The topological polar surface area (TPSA) is 41.1 Å². The largest absolute Gasteiger partial charge is 0.384 e. The molecular formula is C18H18ClFN2OS. The van der Waals surface area contributed by atoms with Gasteiger partial charge in [-0.2, -0.15) is 0 Å². The molecule has 2 aromatic carbocycles. The summed E-state index contributed by atoms with van der Waals surface area (Å²) in [5.74, 6) is 0.582. The van der Waals surface area contributed by atoms with Gasteiger partial charge in [-0.1, -0.05) is 0 Å². The van der Waals surface area contributed by atoms with Crippen molar-refractivity contribution in [3.8, 4) is 0 Å². The van der Waals surface area contributed by atoms with Crippen molar-refractivity contribution >= 4 is 35.8 Å². The molecule has 0 fully saturated rings. The van der Waals surface area contributed by atoms with Gasteiger partial charge in [-0.3, -0.25) is 4.79 Å². The van der Waals surface area contributed by atoms with Crippen molar-refractivity contribution in [3.05, 3.63) is 58.9 Å². The van der Waals surface area contributed by atoms with Crippen molar-refractivity contribution in [1.29, 1.82) is 0 Å². The molecule has 2 aliphatic heterocycles. The minimum Gasteiger partial charge on any atom is -0.384 e. The Balaban J connectivity index is 0.00000169. The third-order valence-corrected chi connectivity index (χ3v) is 5.52. The highest BCUT2D eigenvalue weighted by molar-refractivity contribution is 7.99. The third kappa shape index (κ3) is 3.23. The van der Waals surface area contributed by atoms with E-state index in [4.69, 9.17) is 0 Å². The Labute approximate surface area is 150 Å². The molecule has 1 amide bonds. The molecule has 0 radical (unpaired) electrons. The molecule has 0 saturated heterocycles. The molecule has 4 rings (SSSR count). The van der Waals surface area contributed by atoms with Gasteiger partial charge in [0.15, 0.2) is 0 Å². The number of halogens is 2. The van der Waals surface area contributed by atoms with Crippen molar-refractivity contribution < 1.29 is 9.18 Å². The average Bonchev–Trinajstić information content (AvgIpc) is 3.03. The van der Waals surface area contributed by atoms with Crippen LogP contribution in [0.3, 0.4) is 0 Å². The van der Waals surface area contributed by atoms with Crippen LogP contribution in [0.4, 0.5) is 10.1 Å². The first kappa shape index (κ1) is 17.1. The molecule has 2 N–H and O–H groups in total. The minimum atomic E-state index is -0.255. The molecule has 0 aliphatic carbocycles. The fourth-order valence-electron chi connectivity index (χ4n) is 3.20. The summed E-state index contributed by atoms with van der Waals surface area (Å²) in [4.78, 5) is 13.6. The Bertz CT molecular complexity index is 784. The molecule has 6 heteroatoms. The van der Waals surface area contributed by atoms with E-state index in [9.17, 15) is 9.18 Å². The van der Waals surface area contributed by atoms with Crippen LogP contribution >= 0.6 is 24.2 Å². The lowest BCUT2D eigenvalue weighted by Crippen LogP contribution is -2.30. The molecule has 2 aromatic rings. The molecular weight excluding hydrogens is 347 g/mol. The SMILES string of the molecule is Cl.O=C(NC1CCSc2ccc(F)cc21)c1ccc2c(c1)CCN2. The van der Waals surface area contributed by atoms with Crippen LogP contribution in [-0.2, 0) is 6.42 Å². The minimum absolute atomic E-state index is 0. The van der Waals surface area contributed by atoms with E-state index in [2.05, 4.69) is 10.6 Å². The first-order chi connectivity index (χ1) is 11.2. The van der Waals surface area contributed by atoms with E-state index < -0.39 is 0 Å². The first-order valence-corrected chi connectivity index (χ1v) is 8.79. The van der Waals surface area contributed by atoms with Gasteiger partial charge in [0.25, 0.3) is 5.91 Å². The molecule has 24 heavy (non-hydrogen) atoms. The lowest BCUT2D eigenvalue weighted by Gasteiger charge is -2.26. The van der Waals surface area contributed by atoms with Gasteiger partial charge >= 0.3 is 0 Å². The van der Waals surface area contributed by atoms with E-state index in [0.29, 0.717) is 5.56 Å². The summed E-state index contributed by atoms with van der Waals surface area (Å²) in [6.07, 6.45) is 1.77. The molecule has 1 unspecified atom stereocenters. The summed E-state index contributed by atoms with van der Waals surface area (Å²) in [7, 11) is 0. The van der Waals surface area contributed by atoms with Gasteiger partial charge in [0, 0.05) is 28.4 Å². The maximum absolute atomic E-state index is 13.5. The molecule has 2 aliphatic rings. The van der Waals surface area contributed by atoms with E-state index in [1.807, 2.05) is 18.2 Å². The Kier molecular flexibility index (Phi) is 5.01. The highest BCUT2D eigenvalue weighted by Gasteiger charge is 2.24. The number of hydrogen-bond donors (Lipinski definition) is 2. The number of thioether (sulfide) groups is 1. The maximum atomic E-state index is 13.5. The van der Waals surface area contributed by atoms with E-state index in [-0.39, 0.29) is 30.2 Å². The number of benzene rings is 2. The van der Waals surface area contributed by atoms with Crippen molar-refractivity contribution in [1.82, 2.24) is 5.32 Å². The van der Waals surface area contributed by atoms with Crippen LogP contribution in [0.2, 0.25) is 0 Å². The summed E-state index contributed by atoms with van der Waals surface area (Å²) in [6, 6.07) is 10.4. The fourth-order valence-corrected chi connectivity index (χ4v) is 4.31. The van der Waals surface area contributed by atoms with Gasteiger partial charge in [-0.15, -0.1) is 24.2 Å². The number of hydrogen-bond acceptors (Lipinski definition) is 3. The Morgan fingerprint density at radius 3 is 3.00 bits per heavy atom. The summed E-state index contributed by atoms with van der Waals surface area (Å²) >= 11 is 1.71. The van der Waals surface area contributed by atoms with Crippen LogP contribution in [0.15, 0.2) is 41.3 Å². The number of carbonyl (C=O) groups is 1. The van der Waals surface area contributed by atoms with E-state index in [0.717, 1.165) is 41.3 Å². The Morgan fingerprint density at radius 2 is 2.12 bits per heavy atom. The van der Waals surface area contributed by atoms with Crippen molar-refractivity contribution in [2.45, 2.75) is 23.8 Å². The predicted molar refractivity (Wildman–Crippen MR) is 97.8 cm³/mol.